The number of hydrogen-bond acceptors (Lipinski definition) is 7. The largest absolute Gasteiger partial charge is 0.469 e. The highest BCUT2D eigenvalue weighted by atomic mass is 16.7. The number of esters is 2. The zero-order valence-corrected chi connectivity index (χ0v) is 11.2. The fourth-order valence-corrected chi connectivity index (χ4v) is 2.43. The number of methoxy groups -OCH3 is 2. The number of hydrogen-bond donors (Lipinski definition) is 0. The summed E-state index contributed by atoms with van der Waals surface area (Å²) in [5.74, 6) is -0.462. The Bertz CT molecular complexity index is 409. The van der Waals surface area contributed by atoms with Crippen LogP contribution < -0.4 is 0 Å². The van der Waals surface area contributed by atoms with E-state index in [9.17, 15) is 9.59 Å². The number of ether oxygens (including phenoxy) is 2. The molecule has 0 radical (unpaired) electrons. The van der Waals surface area contributed by atoms with Gasteiger partial charge >= 0.3 is 17.7 Å². The van der Waals surface area contributed by atoms with Gasteiger partial charge in [0.15, 0.2) is 0 Å². The van der Waals surface area contributed by atoms with Gasteiger partial charge in [-0.1, -0.05) is 11.6 Å². The Balaban J connectivity index is 2.28. The zero-order valence-electron chi connectivity index (χ0n) is 11.2. The van der Waals surface area contributed by atoms with Crippen molar-refractivity contribution in [1.29, 1.82) is 0 Å². The Morgan fingerprint density at radius 2 is 2.11 bits per heavy atom. The molecule has 0 amide bonds. The lowest BCUT2D eigenvalue weighted by Gasteiger charge is -2.33. The number of amidine groups is 1. The molecule has 0 aromatic carbocycles. The Morgan fingerprint density at radius 1 is 1.32 bits per heavy atom. The van der Waals surface area contributed by atoms with Crippen LogP contribution in [-0.4, -0.2) is 49.2 Å². The molecule has 106 valence electrons. The van der Waals surface area contributed by atoms with Gasteiger partial charge in [0.1, 0.15) is 12.3 Å². The molecule has 19 heavy (non-hydrogen) atoms. The first-order chi connectivity index (χ1) is 9.14. The minimum atomic E-state index is -1.50. The van der Waals surface area contributed by atoms with Crippen molar-refractivity contribution in [2.24, 2.45) is 5.16 Å². The molecular weight excluding hydrogens is 252 g/mol. The lowest BCUT2D eigenvalue weighted by Crippen LogP contribution is -2.56. The minimum Gasteiger partial charge on any atom is -0.469 e. The van der Waals surface area contributed by atoms with E-state index in [4.69, 9.17) is 9.57 Å². The van der Waals surface area contributed by atoms with Crippen LogP contribution in [0.1, 0.15) is 32.1 Å². The summed E-state index contributed by atoms with van der Waals surface area (Å²) in [7, 11) is 2.53. The Labute approximate surface area is 111 Å². The molecule has 0 aromatic heterocycles. The number of oxime groups is 1. The summed E-state index contributed by atoms with van der Waals surface area (Å²) in [6, 6.07) is 0. The maximum Gasteiger partial charge on any atom is 0.375 e. The second kappa shape index (κ2) is 5.46. The normalized spacial score (nSPS) is 25.8. The van der Waals surface area contributed by atoms with Crippen molar-refractivity contribution in [3.63, 3.8) is 0 Å². The predicted octanol–water partition coefficient (Wildman–Crippen LogP) is 0.638. The molecule has 7 heteroatoms. The van der Waals surface area contributed by atoms with Crippen LogP contribution in [0.25, 0.3) is 0 Å². The summed E-state index contributed by atoms with van der Waals surface area (Å²) in [6.45, 7) is 0.616. The highest BCUT2D eigenvalue weighted by Crippen LogP contribution is 2.33. The lowest BCUT2D eigenvalue weighted by atomic mass is 10.1. The number of carbonyl (C=O) groups is 2. The number of fused-ring (bicyclic) bond motifs is 1. The number of rotatable bonds is 3. The van der Waals surface area contributed by atoms with E-state index in [0.717, 1.165) is 25.7 Å². The molecule has 0 bridgehead atoms. The van der Waals surface area contributed by atoms with E-state index < -0.39 is 17.7 Å². The number of carbonyl (C=O) groups excluding carboxylic acids is 2. The van der Waals surface area contributed by atoms with Gasteiger partial charge < -0.3 is 19.2 Å². The van der Waals surface area contributed by atoms with E-state index in [1.54, 1.807) is 4.90 Å². The summed E-state index contributed by atoms with van der Waals surface area (Å²) in [5, 5.41) is 3.96. The standard InChI is InChI=1S/C12H18N2O5/c1-17-10(15)8-12(11(16)18-2)14-7-5-3-4-6-9(14)13-19-12/h3-8H2,1-2H3. The molecular formula is C12H18N2O5. The third kappa shape index (κ3) is 2.36. The molecule has 2 aliphatic rings. The molecule has 1 saturated heterocycles. The lowest BCUT2D eigenvalue weighted by molar-refractivity contribution is -0.190. The fourth-order valence-electron chi connectivity index (χ4n) is 2.43. The molecule has 0 spiro atoms. The maximum atomic E-state index is 12.1. The molecule has 7 nitrogen and oxygen atoms in total. The minimum absolute atomic E-state index is 0.233. The van der Waals surface area contributed by atoms with Crippen molar-refractivity contribution in [2.45, 2.75) is 37.8 Å². The molecule has 0 aliphatic carbocycles. The Hall–Kier alpha value is -1.79. The van der Waals surface area contributed by atoms with E-state index >= 15 is 0 Å². The highest BCUT2D eigenvalue weighted by Gasteiger charge is 2.55. The van der Waals surface area contributed by atoms with Crippen LogP contribution in [0, 0.1) is 0 Å². The van der Waals surface area contributed by atoms with E-state index in [1.165, 1.54) is 14.2 Å². The van der Waals surface area contributed by atoms with Crippen molar-refractivity contribution >= 4 is 17.8 Å². The molecule has 1 atom stereocenters. The average molecular weight is 270 g/mol. The molecule has 1 unspecified atom stereocenters. The topological polar surface area (TPSA) is 77.4 Å². The third-order valence-electron chi connectivity index (χ3n) is 3.45. The molecule has 2 heterocycles. The van der Waals surface area contributed by atoms with E-state index in [-0.39, 0.29) is 6.42 Å². The highest BCUT2D eigenvalue weighted by molar-refractivity contribution is 5.94. The van der Waals surface area contributed by atoms with Crippen molar-refractivity contribution in [3.05, 3.63) is 0 Å². The van der Waals surface area contributed by atoms with Gasteiger partial charge in [-0.25, -0.2) is 4.79 Å². The zero-order chi connectivity index (χ0) is 13.9. The summed E-state index contributed by atoms with van der Waals surface area (Å²) >= 11 is 0. The van der Waals surface area contributed by atoms with Gasteiger partial charge in [0, 0.05) is 13.0 Å². The monoisotopic (exact) mass is 270 g/mol. The maximum absolute atomic E-state index is 12.1. The van der Waals surface area contributed by atoms with Gasteiger partial charge in [-0.3, -0.25) is 4.79 Å². The first-order valence-electron chi connectivity index (χ1n) is 6.32. The van der Waals surface area contributed by atoms with Crippen LogP contribution in [-0.2, 0) is 23.9 Å². The van der Waals surface area contributed by atoms with Gasteiger partial charge in [-0.2, -0.15) is 0 Å². The smallest absolute Gasteiger partial charge is 0.375 e. The van der Waals surface area contributed by atoms with Crippen molar-refractivity contribution < 1.29 is 23.9 Å². The van der Waals surface area contributed by atoms with Crippen LogP contribution in [0.15, 0.2) is 5.16 Å². The van der Waals surface area contributed by atoms with E-state index in [1.807, 2.05) is 0 Å². The summed E-state index contributed by atoms with van der Waals surface area (Å²) < 4.78 is 9.42. The Morgan fingerprint density at radius 3 is 2.79 bits per heavy atom. The fraction of sp³-hybridized carbons (Fsp3) is 0.750. The van der Waals surface area contributed by atoms with Gasteiger partial charge in [-0.15, -0.1) is 0 Å². The van der Waals surface area contributed by atoms with Gasteiger partial charge in [0.2, 0.25) is 0 Å². The first-order valence-corrected chi connectivity index (χ1v) is 6.32. The van der Waals surface area contributed by atoms with E-state index in [0.29, 0.717) is 12.4 Å². The molecule has 0 N–H and O–H groups in total. The molecule has 2 rings (SSSR count). The quantitative estimate of drug-likeness (QED) is 0.700. The second-order valence-corrected chi connectivity index (χ2v) is 4.59. The van der Waals surface area contributed by atoms with Crippen LogP contribution in [0.2, 0.25) is 0 Å². The molecule has 0 aromatic rings. The predicted molar refractivity (Wildman–Crippen MR) is 65.1 cm³/mol. The molecule has 2 aliphatic heterocycles. The van der Waals surface area contributed by atoms with Crippen LogP contribution >= 0.6 is 0 Å². The van der Waals surface area contributed by atoms with Gasteiger partial charge in [0.25, 0.3) is 0 Å². The molecule has 0 saturated carbocycles. The van der Waals surface area contributed by atoms with Gasteiger partial charge in [-0.05, 0) is 12.8 Å². The van der Waals surface area contributed by atoms with Crippen LogP contribution in [0.3, 0.4) is 0 Å². The SMILES string of the molecule is COC(=O)CC1(C(=O)OC)ON=C2CCCCCN21. The van der Waals surface area contributed by atoms with Crippen molar-refractivity contribution in [2.75, 3.05) is 20.8 Å². The van der Waals surface area contributed by atoms with E-state index in [2.05, 4.69) is 9.89 Å². The van der Waals surface area contributed by atoms with Crippen molar-refractivity contribution in [3.8, 4) is 0 Å². The average Bonchev–Trinajstić information content (AvgIpc) is 2.63. The Kier molecular flexibility index (Phi) is 3.92. The number of nitrogens with zero attached hydrogens (tertiary/aromatic N) is 2. The summed E-state index contributed by atoms with van der Waals surface area (Å²) in [4.78, 5) is 30.7. The third-order valence-corrected chi connectivity index (χ3v) is 3.45. The van der Waals surface area contributed by atoms with Crippen molar-refractivity contribution in [1.82, 2.24) is 4.90 Å². The molecule has 1 fully saturated rings. The second-order valence-electron chi connectivity index (χ2n) is 4.59. The summed E-state index contributed by atoms with van der Waals surface area (Å²) in [5.41, 5.74) is -1.50. The first kappa shape index (κ1) is 13.6. The van der Waals surface area contributed by atoms with Crippen LogP contribution in [0.4, 0.5) is 0 Å². The van der Waals surface area contributed by atoms with Crippen LogP contribution in [0.5, 0.6) is 0 Å². The van der Waals surface area contributed by atoms with Gasteiger partial charge in [0.05, 0.1) is 14.2 Å². The summed E-state index contributed by atoms with van der Waals surface area (Å²) in [6.07, 6.45) is 3.48.